The summed E-state index contributed by atoms with van der Waals surface area (Å²) in [6, 6.07) is 6.30. The molecule has 1 nitrogen and oxygen atoms in total. The monoisotopic (exact) mass is 228 g/mol. The van der Waals surface area contributed by atoms with Gasteiger partial charge in [0.2, 0.25) is 0 Å². The lowest BCUT2D eigenvalue weighted by Gasteiger charge is -2.28. The minimum Gasteiger partial charge on any atom is -0.294 e. The number of hydrogen-bond donors (Lipinski definition) is 0. The van der Waals surface area contributed by atoms with Crippen LogP contribution in [0.4, 0.5) is 0 Å². The lowest BCUT2D eigenvalue weighted by molar-refractivity contribution is -0.115. The molecule has 1 aromatic rings. The molecule has 0 bridgehead atoms. The molecule has 0 unspecified atom stereocenters. The van der Waals surface area contributed by atoms with Gasteiger partial charge in [0, 0.05) is 12.0 Å². The van der Waals surface area contributed by atoms with E-state index in [0.717, 1.165) is 17.6 Å². The molecule has 1 aromatic carbocycles. The van der Waals surface area contributed by atoms with Crippen LogP contribution in [0.15, 0.2) is 24.3 Å². The van der Waals surface area contributed by atoms with Crippen LogP contribution in [0.2, 0.25) is 0 Å². The van der Waals surface area contributed by atoms with E-state index in [4.69, 9.17) is 0 Å². The summed E-state index contributed by atoms with van der Waals surface area (Å²) < 4.78 is 0. The summed E-state index contributed by atoms with van der Waals surface area (Å²) in [6.07, 6.45) is 3.76. The van der Waals surface area contributed by atoms with Crippen molar-refractivity contribution in [1.82, 2.24) is 0 Å². The van der Waals surface area contributed by atoms with Gasteiger partial charge in [0.15, 0.2) is 5.78 Å². The Morgan fingerprint density at radius 3 is 2.47 bits per heavy atom. The van der Waals surface area contributed by atoms with Crippen molar-refractivity contribution < 1.29 is 4.79 Å². The fourth-order valence-electron chi connectivity index (χ4n) is 2.47. The molecule has 0 saturated carbocycles. The molecule has 0 saturated heterocycles. The van der Waals surface area contributed by atoms with E-state index >= 15 is 0 Å². The van der Waals surface area contributed by atoms with Crippen molar-refractivity contribution in [2.24, 2.45) is 5.41 Å². The molecule has 0 spiro atoms. The van der Waals surface area contributed by atoms with E-state index in [1.807, 2.05) is 0 Å². The number of aryl methyl sites for hydroxylation is 2. The highest BCUT2D eigenvalue weighted by Gasteiger charge is 2.28. The van der Waals surface area contributed by atoms with E-state index in [-0.39, 0.29) is 11.2 Å². The maximum absolute atomic E-state index is 12.2. The molecule has 0 amide bonds. The Hall–Kier alpha value is -1.37. The van der Waals surface area contributed by atoms with Gasteiger partial charge in [-0.05, 0) is 36.8 Å². The van der Waals surface area contributed by atoms with Gasteiger partial charge < -0.3 is 0 Å². The Labute approximate surface area is 104 Å². The molecule has 0 radical (unpaired) electrons. The topological polar surface area (TPSA) is 17.1 Å². The minimum atomic E-state index is 0.124. The molecule has 0 N–H and O–H groups in total. The molecule has 90 valence electrons. The number of Topliss-reactive ketones (excluding diaryl/α,β-unsaturated/α-hetero) is 1. The summed E-state index contributed by atoms with van der Waals surface area (Å²) in [4.78, 5) is 12.2. The van der Waals surface area contributed by atoms with Gasteiger partial charge >= 0.3 is 0 Å². The maximum atomic E-state index is 12.2. The van der Waals surface area contributed by atoms with Crippen molar-refractivity contribution in [2.45, 2.75) is 40.5 Å². The summed E-state index contributed by atoms with van der Waals surface area (Å²) in [6.45, 7) is 8.47. The Morgan fingerprint density at radius 2 is 1.88 bits per heavy atom. The third-order valence-electron chi connectivity index (χ3n) is 3.47. The average Bonchev–Trinajstić information content (AvgIpc) is 2.18. The van der Waals surface area contributed by atoms with Crippen molar-refractivity contribution in [3.63, 3.8) is 0 Å². The quantitative estimate of drug-likeness (QED) is 0.708. The van der Waals surface area contributed by atoms with Gasteiger partial charge in [-0.3, -0.25) is 4.79 Å². The predicted octanol–water partition coefficient (Wildman–Crippen LogP) is 4.08. The van der Waals surface area contributed by atoms with Crippen molar-refractivity contribution in [2.75, 3.05) is 0 Å². The van der Waals surface area contributed by atoms with E-state index in [1.54, 1.807) is 0 Å². The molecular weight excluding hydrogens is 208 g/mol. The smallest absolute Gasteiger partial charge is 0.163 e. The van der Waals surface area contributed by atoms with Gasteiger partial charge in [-0.15, -0.1) is 0 Å². The van der Waals surface area contributed by atoms with Crippen LogP contribution in [0.5, 0.6) is 0 Å². The van der Waals surface area contributed by atoms with Gasteiger partial charge in [-0.1, -0.05) is 43.7 Å². The molecule has 0 atom stereocenters. The Kier molecular flexibility index (Phi) is 2.94. The van der Waals surface area contributed by atoms with Crippen LogP contribution in [0, 0.1) is 19.3 Å². The predicted molar refractivity (Wildman–Crippen MR) is 71.9 cm³/mol. The molecule has 0 aromatic heterocycles. The third kappa shape index (κ3) is 2.49. The van der Waals surface area contributed by atoms with Gasteiger partial charge in [0.1, 0.15) is 0 Å². The standard InChI is InChI=1S/C16H20O/c1-11-5-6-13(12(2)9-11)14-7-8-16(3,4)10-15(14)17/h5-7,9H,8,10H2,1-4H3. The number of allylic oxidation sites excluding steroid dienone is 2. The molecule has 1 heteroatoms. The lowest BCUT2D eigenvalue weighted by Crippen LogP contribution is -2.22. The van der Waals surface area contributed by atoms with Crippen LogP contribution in [-0.4, -0.2) is 5.78 Å². The van der Waals surface area contributed by atoms with E-state index in [9.17, 15) is 4.79 Å². The zero-order valence-corrected chi connectivity index (χ0v) is 11.1. The summed E-state index contributed by atoms with van der Waals surface area (Å²) >= 11 is 0. The molecule has 1 aliphatic carbocycles. The molecule has 2 rings (SSSR count). The molecule has 1 aliphatic rings. The number of ketones is 1. The van der Waals surface area contributed by atoms with Crippen LogP contribution in [-0.2, 0) is 4.79 Å². The third-order valence-corrected chi connectivity index (χ3v) is 3.47. The van der Waals surface area contributed by atoms with Crippen molar-refractivity contribution >= 4 is 11.4 Å². The summed E-state index contributed by atoms with van der Waals surface area (Å²) in [5.74, 6) is 0.285. The van der Waals surface area contributed by atoms with E-state index in [2.05, 4.69) is 52.0 Å². The first kappa shape index (κ1) is 12.1. The largest absolute Gasteiger partial charge is 0.294 e. The second-order valence-electron chi connectivity index (χ2n) is 5.90. The first-order chi connectivity index (χ1) is 7.89. The van der Waals surface area contributed by atoms with Crippen LogP contribution in [0.25, 0.3) is 5.57 Å². The molecular formula is C16H20O. The summed E-state index contributed by atoms with van der Waals surface area (Å²) in [5.41, 5.74) is 4.59. The highest BCUT2D eigenvalue weighted by molar-refractivity contribution is 6.21. The van der Waals surface area contributed by atoms with Crippen LogP contribution >= 0.6 is 0 Å². The molecule has 0 aliphatic heterocycles. The lowest BCUT2D eigenvalue weighted by atomic mass is 9.76. The Morgan fingerprint density at radius 1 is 1.18 bits per heavy atom. The number of hydrogen-bond acceptors (Lipinski definition) is 1. The number of benzene rings is 1. The van der Waals surface area contributed by atoms with Crippen molar-refractivity contribution in [3.05, 3.63) is 41.0 Å². The van der Waals surface area contributed by atoms with Gasteiger partial charge in [0.25, 0.3) is 0 Å². The SMILES string of the molecule is Cc1ccc(C2=CCC(C)(C)CC2=O)c(C)c1. The van der Waals surface area contributed by atoms with Crippen LogP contribution in [0.1, 0.15) is 43.4 Å². The Bertz CT molecular complexity index is 492. The van der Waals surface area contributed by atoms with E-state index < -0.39 is 0 Å². The number of carbonyl (C=O) groups is 1. The zero-order chi connectivity index (χ0) is 12.6. The second kappa shape index (κ2) is 4.14. The van der Waals surface area contributed by atoms with Crippen molar-refractivity contribution in [1.29, 1.82) is 0 Å². The fraction of sp³-hybridized carbons (Fsp3) is 0.438. The fourth-order valence-corrected chi connectivity index (χ4v) is 2.47. The van der Waals surface area contributed by atoms with E-state index in [1.165, 1.54) is 11.1 Å². The highest BCUT2D eigenvalue weighted by atomic mass is 16.1. The Balaban J connectivity index is 2.41. The number of carbonyl (C=O) groups excluding carboxylic acids is 1. The first-order valence-electron chi connectivity index (χ1n) is 6.20. The normalized spacial score (nSPS) is 19.1. The average molecular weight is 228 g/mol. The first-order valence-corrected chi connectivity index (χ1v) is 6.20. The van der Waals surface area contributed by atoms with Gasteiger partial charge in [-0.2, -0.15) is 0 Å². The number of rotatable bonds is 1. The summed E-state index contributed by atoms with van der Waals surface area (Å²) in [7, 11) is 0. The zero-order valence-electron chi connectivity index (χ0n) is 11.1. The van der Waals surface area contributed by atoms with Crippen molar-refractivity contribution in [3.8, 4) is 0 Å². The maximum Gasteiger partial charge on any atom is 0.163 e. The van der Waals surface area contributed by atoms with Gasteiger partial charge in [0.05, 0.1) is 0 Å². The molecule has 0 fully saturated rings. The van der Waals surface area contributed by atoms with Crippen LogP contribution < -0.4 is 0 Å². The second-order valence-corrected chi connectivity index (χ2v) is 5.90. The summed E-state index contributed by atoms with van der Waals surface area (Å²) in [5, 5.41) is 0. The molecule has 17 heavy (non-hydrogen) atoms. The molecule has 0 heterocycles. The minimum absolute atomic E-state index is 0.124. The van der Waals surface area contributed by atoms with Crippen LogP contribution in [0.3, 0.4) is 0 Å². The highest BCUT2D eigenvalue weighted by Crippen LogP contribution is 2.36. The van der Waals surface area contributed by atoms with E-state index in [0.29, 0.717) is 6.42 Å². The van der Waals surface area contributed by atoms with Gasteiger partial charge in [-0.25, -0.2) is 0 Å².